The third kappa shape index (κ3) is 25.0. The fourth-order valence-electron chi connectivity index (χ4n) is 0. The predicted molar refractivity (Wildman–Crippen MR) is 10.8 cm³/mol. The Morgan fingerprint density at radius 1 is 0.400 bits per heavy atom. The minimum absolute atomic E-state index is 0. The second-order valence-electron chi connectivity index (χ2n) is 0. The maximum Gasteiger partial charge on any atom is 1.00 e. The van der Waals surface area contributed by atoms with E-state index >= 15 is 0 Å². The van der Waals surface area contributed by atoms with E-state index in [0.29, 0.717) is 0 Å². The van der Waals surface area contributed by atoms with Gasteiger partial charge in [0.1, 0.15) is 0 Å². The molecule has 0 radical (unpaired) electrons. The summed E-state index contributed by atoms with van der Waals surface area (Å²) in [6, 6.07) is 0. The van der Waals surface area contributed by atoms with Crippen molar-refractivity contribution in [3.63, 3.8) is 0 Å². The fraction of sp³-hybridized carbons (Fsp3) is 0. The molecule has 5 heteroatoms. The molecule has 0 aromatic rings. The molecule has 0 aliphatic rings. The van der Waals surface area contributed by atoms with Crippen LogP contribution in [-0.4, -0.2) is 16.4 Å². The molecule has 5 heavy (non-hydrogen) atoms. The van der Waals surface area contributed by atoms with Crippen LogP contribution in [0.15, 0.2) is 0 Å². The van der Waals surface area contributed by atoms with Gasteiger partial charge in [-0.15, -0.1) is 0 Å². The van der Waals surface area contributed by atoms with E-state index in [1.165, 1.54) is 0 Å². The van der Waals surface area contributed by atoms with E-state index in [-0.39, 0.29) is 75.5 Å². The molecule has 6 N–H and O–H groups in total. The molecule has 0 saturated carbocycles. The van der Waals surface area contributed by atoms with Crippen molar-refractivity contribution in [2.45, 2.75) is 0 Å². The molecular formula is H6Na2O3+2. The molecule has 0 amide bonds. The first-order valence-corrected chi connectivity index (χ1v) is 0. The Balaban J connectivity index is 0. The molecule has 3 nitrogen and oxygen atoms in total. The van der Waals surface area contributed by atoms with Gasteiger partial charge in [0.15, 0.2) is 0 Å². The van der Waals surface area contributed by atoms with Crippen LogP contribution in [0.5, 0.6) is 0 Å². The number of hydrogen-bond acceptors (Lipinski definition) is 0. The summed E-state index contributed by atoms with van der Waals surface area (Å²) in [6.45, 7) is 0. The standard InChI is InChI=1S/2Na.3H2O/h;;3*1H2/q2*+1;;;. The first-order valence-electron chi connectivity index (χ1n) is 0. The van der Waals surface area contributed by atoms with E-state index < -0.39 is 0 Å². The van der Waals surface area contributed by atoms with E-state index in [4.69, 9.17) is 0 Å². The first kappa shape index (κ1) is 67.3. The van der Waals surface area contributed by atoms with Crippen LogP contribution in [0.3, 0.4) is 0 Å². The van der Waals surface area contributed by atoms with Crippen molar-refractivity contribution in [1.29, 1.82) is 0 Å². The first-order chi connectivity index (χ1) is 0. The van der Waals surface area contributed by atoms with Crippen LogP contribution in [0, 0.1) is 0 Å². The van der Waals surface area contributed by atoms with Gasteiger partial charge in [-0.1, -0.05) is 0 Å². The summed E-state index contributed by atoms with van der Waals surface area (Å²) >= 11 is 0. The minimum atomic E-state index is 0. The second-order valence-corrected chi connectivity index (χ2v) is 0. The summed E-state index contributed by atoms with van der Waals surface area (Å²) < 4.78 is 0. The SMILES string of the molecule is O.O.O.[Na+].[Na+]. The zero-order chi connectivity index (χ0) is 0. The van der Waals surface area contributed by atoms with Crippen LogP contribution >= 0.6 is 0 Å². The zero-order valence-corrected chi connectivity index (χ0v) is 7.50. The quantitative estimate of drug-likeness (QED) is 0.270. The van der Waals surface area contributed by atoms with E-state index in [9.17, 15) is 0 Å². The molecule has 0 spiro atoms. The molecule has 24 valence electrons. The Morgan fingerprint density at radius 2 is 0.400 bits per heavy atom. The maximum atomic E-state index is 0. The molecule has 0 aliphatic carbocycles. The minimum Gasteiger partial charge on any atom is -0.412 e. The van der Waals surface area contributed by atoms with Crippen molar-refractivity contribution >= 4 is 0 Å². The number of hydrogen-bond donors (Lipinski definition) is 0. The average Bonchev–Trinajstić information content (AvgIpc) is 0. The summed E-state index contributed by atoms with van der Waals surface area (Å²) in [5.74, 6) is 0. The van der Waals surface area contributed by atoms with E-state index in [1.54, 1.807) is 0 Å². The summed E-state index contributed by atoms with van der Waals surface area (Å²) in [5.41, 5.74) is 0. The van der Waals surface area contributed by atoms with Gasteiger partial charge < -0.3 is 16.4 Å². The maximum absolute atomic E-state index is 0. The predicted octanol–water partition coefficient (Wildman–Crippen LogP) is -8.47. The van der Waals surface area contributed by atoms with Crippen molar-refractivity contribution in [2.75, 3.05) is 0 Å². The van der Waals surface area contributed by atoms with Gasteiger partial charge >= 0.3 is 59.1 Å². The Hall–Kier alpha value is 1.88. The Morgan fingerprint density at radius 3 is 0.400 bits per heavy atom. The topological polar surface area (TPSA) is 94.5 Å². The molecule has 0 atom stereocenters. The Labute approximate surface area is 74.6 Å². The van der Waals surface area contributed by atoms with Gasteiger partial charge in [0.05, 0.1) is 0 Å². The van der Waals surface area contributed by atoms with Gasteiger partial charge in [-0.05, 0) is 0 Å². The van der Waals surface area contributed by atoms with Gasteiger partial charge in [0.2, 0.25) is 0 Å². The molecule has 0 unspecified atom stereocenters. The van der Waals surface area contributed by atoms with Crippen LogP contribution in [-0.2, 0) is 0 Å². The zero-order valence-electron chi connectivity index (χ0n) is 3.50. The Bertz CT molecular complexity index is 4.85. The van der Waals surface area contributed by atoms with Crippen molar-refractivity contribution in [3.8, 4) is 0 Å². The van der Waals surface area contributed by atoms with Crippen molar-refractivity contribution in [3.05, 3.63) is 0 Å². The molecule has 0 heterocycles. The van der Waals surface area contributed by atoms with Gasteiger partial charge in [-0.3, -0.25) is 0 Å². The van der Waals surface area contributed by atoms with Crippen LogP contribution in [0.4, 0.5) is 0 Å². The molecule has 0 aromatic heterocycles. The third-order valence-electron chi connectivity index (χ3n) is 0. The van der Waals surface area contributed by atoms with Crippen molar-refractivity contribution in [2.24, 2.45) is 0 Å². The van der Waals surface area contributed by atoms with E-state index in [2.05, 4.69) is 0 Å². The largest absolute Gasteiger partial charge is 1.00 e. The summed E-state index contributed by atoms with van der Waals surface area (Å²) in [7, 11) is 0. The van der Waals surface area contributed by atoms with Crippen LogP contribution < -0.4 is 59.1 Å². The van der Waals surface area contributed by atoms with E-state index in [1.807, 2.05) is 0 Å². The van der Waals surface area contributed by atoms with E-state index in [0.717, 1.165) is 0 Å². The average molecular weight is 100 g/mol. The van der Waals surface area contributed by atoms with Crippen LogP contribution in [0.25, 0.3) is 0 Å². The van der Waals surface area contributed by atoms with Crippen LogP contribution in [0.1, 0.15) is 0 Å². The van der Waals surface area contributed by atoms with Crippen molar-refractivity contribution < 1.29 is 75.5 Å². The third-order valence-corrected chi connectivity index (χ3v) is 0. The fourth-order valence-corrected chi connectivity index (χ4v) is 0. The summed E-state index contributed by atoms with van der Waals surface area (Å²) in [5, 5.41) is 0. The smallest absolute Gasteiger partial charge is 0.412 e. The van der Waals surface area contributed by atoms with Gasteiger partial charge in [-0.25, -0.2) is 0 Å². The summed E-state index contributed by atoms with van der Waals surface area (Å²) in [6.07, 6.45) is 0. The molecule has 0 saturated heterocycles. The van der Waals surface area contributed by atoms with Crippen molar-refractivity contribution in [1.82, 2.24) is 0 Å². The summed E-state index contributed by atoms with van der Waals surface area (Å²) in [4.78, 5) is 0. The van der Waals surface area contributed by atoms with Crippen LogP contribution in [0.2, 0.25) is 0 Å². The van der Waals surface area contributed by atoms with Gasteiger partial charge in [-0.2, -0.15) is 0 Å². The number of rotatable bonds is 0. The monoisotopic (exact) mass is 100 g/mol. The van der Waals surface area contributed by atoms with Gasteiger partial charge in [0, 0.05) is 0 Å². The molecule has 0 bridgehead atoms. The second kappa shape index (κ2) is 39.6. The molecular weight excluding hydrogens is 94.0 g/mol. The molecule has 0 fully saturated rings. The molecule has 0 aromatic carbocycles. The normalized spacial score (nSPS) is 0. The van der Waals surface area contributed by atoms with Gasteiger partial charge in [0.25, 0.3) is 0 Å². The molecule has 0 aliphatic heterocycles. The molecule has 0 rings (SSSR count). The Kier molecular flexibility index (Phi) is 533.